The van der Waals surface area contributed by atoms with E-state index >= 15 is 0 Å². The first-order valence-electron chi connectivity index (χ1n) is 4.85. The Balaban J connectivity index is 2.14. The summed E-state index contributed by atoms with van der Waals surface area (Å²) in [5, 5.41) is 3.05. The number of rotatable bonds is 1. The maximum atomic E-state index is 6.23. The Hall–Kier alpha value is -1.07. The van der Waals surface area contributed by atoms with E-state index in [1.165, 1.54) is 0 Å². The molecule has 1 unspecified atom stereocenters. The van der Waals surface area contributed by atoms with E-state index in [0.29, 0.717) is 11.6 Å². The topological polar surface area (TPSA) is 85.7 Å². The van der Waals surface area contributed by atoms with Gasteiger partial charge in [-0.25, -0.2) is 4.99 Å². The second-order valence-electron chi connectivity index (χ2n) is 3.76. The average molecular weight is 196 g/mol. The van der Waals surface area contributed by atoms with Gasteiger partial charge in [0, 0.05) is 19.1 Å². The highest BCUT2D eigenvalue weighted by Gasteiger charge is 2.38. The van der Waals surface area contributed by atoms with Crippen LogP contribution in [-0.2, 0) is 4.74 Å². The van der Waals surface area contributed by atoms with Gasteiger partial charge in [-0.3, -0.25) is 0 Å². The van der Waals surface area contributed by atoms with Crippen LogP contribution in [0.5, 0.6) is 0 Å². The molecule has 0 aromatic carbocycles. The van der Waals surface area contributed by atoms with Gasteiger partial charge in [0.15, 0.2) is 0 Å². The zero-order chi connectivity index (χ0) is 10.0. The first-order valence-corrected chi connectivity index (χ1v) is 4.85. The number of aliphatic imine (C=N–C) groups is 1. The molecule has 1 atom stereocenters. The highest BCUT2D eigenvalue weighted by molar-refractivity contribution is 5.60. The van der Waals surface area contributed by atoms with Crippen LogP contribution in [-0.4, -0.2) is 25.2 Å². The summed E-state index contributed by atoms with van der Waals surface area (Å²) in [5.74, 6) is 0.319. The second-order valence-corrected chi connectivity index (χ2v) is 3.76. The van der Waals surface area contributed by atoms with Crippen molar-refractivity contribution in [1.29, 1.82) is 0 Å². The van der Waals surface area contributed by atoms with Crippen molar-refractivity contribution in [1.82, 2.24) is 5.32 Å². The SMILES string of the molecule is NC1=CN=CNC1(N)C1CCOCC1. The van der Waals surface area contributed by atoms with Crippen LogP contribution in [0.15, 0.2) is 16.9 Å². The third-order valence-electron chi connectivity index (χ3n) is 2.93. The van der Waals surface area contributed by atoms with E-state index in [-0.39, 0.29) is 0 Å². The third-order valence-corrected chi connectivity index (χ3v) is 2.93. The molecule has 78 valence electrons. The summed E-state index contributed by atoms with van der Waals surface area (Å²) in [6, 6.07) is 0. The fourth-order valence-corrected chi connectivity index (χ4v) is 1.96. The van der Waals surface area contributed by atoms with Gasteiger partial charge < -0.3 is 21.5 Å². The summed E-state index contributed by atoms with van der Waals surface area (Å²) in [7, 11) is 0. The number of ether oxygens (including phenoxy) is 1. The molecule has 0 saturated carbocycles. The van der Waals surface area contributed by atoms with Crippen LogP contribution in [0.25, 0.3) is 0 Å². The van der Waals surface area contributed by atoms with Crippen molar-refractivity contribution in [2.75, 3.05) is 13.2 Å². The molecule has 2 aliphatic heterocycles. The van der Waals surface area contributed by atoms with Crippen molar-refractivity contribution in [3.63, 3.8) is 0 Å². The van der Waals surface area contributed by atoms with E-state index in [9.17, 15) is 0 Å². The summed E-state index contributed by atoms with van der Waals surface area (Å²) in [5.41, 5.74) is 12.1. The Kier molecular flexibility index (Phi) is 2.43. The lowest BCUT2D eigenvalue weighted by Crippen LogP contribution is -2.63. The largest absolute Gasteiger partial charge is 0.398 e. The van der Waals surface area contributed by atoms with E-state index < -0.39 is 5.66 Å². The van der Waals surface area contributed by atoms with E-state index in [1.54, 1.807) is 12.5 Å². The quantitative estimate of drug-likeness (QED) is 0.527. The minimum Gasteiger partial charge on any atom is -0.398 e. The van der Waals surface area contributed by atoms with Gasteiger partial charge in [0.25, 0.3) is 0 Å². The summed E-state index contributed by atoms with van der Waals surface area (Å²) < 4.78 is 5.29. The molecule has 0 amide bonds. The lowest BCUT2D eigenvalue weighted by atomic mass is 9.84. The number of nitrogens with zero attached hydrogens (tertiary/aromatic N) is 1. The van der Waals surface area contributed by atoms with Crippen molar-refractivity contribution in [3.8, 4) is 0 Å². The maximum absolute atomic E-state index is 6.23. The highest BCUT2D eigenvalue weighted by atomic mass is 16.5. The van der Waals surface area contributed by atoms with Gasteiger partial charge in [-0.15, -0.1) is 0 Å². The van der Waals surface area contributed by atoms with Crippen LogP contribution in [0.3, 0.4) is 0 Å². The predicted octanol–water partition coefficient (Wildman–Crippen LogP) is -0.500. The van der Waals surface area contributed by atoms with Crippen molar-refractivity contribution < 1.29 is 4.74 Å². The van der Waals surface area contributed by atoms with Gasteiger partial charge in [0.1, 0.15) is 5.66 Å². The lowest BCUT2D eigenvalue weighted by Gasteiger charge is -2.40. The molecule has 0 bridgehead atoms. The number of nitrogens with one attached hydrogen (secondary N) is 1. The molecule has 5 nitrogen and oxygen atoms in total. The van der Waals surface area contributed by atoms with Gasteiger partial charge >= 0.3 is 0 Å². The molecule has 1 fully saturated rings. The molecule has 14 heavy (non-hydrogen) atoms. The Morgan fingerprint density at radius 2 is 2.21 bits per heavy atom. The van der Waals surface area contributed by atoms with Crippen LogP contribution < -0.4 is 16.8 Å². The molecular formula is C9H16N4O. The molecule has 0 spiro atoms. The van der Waals surface area contributed by atoms with Crippen molar-refractivity contribution in [3.05, 3.63) is 11.9 Å². The molecule has 0 aromatic heterocycles. The molecule has 5 heteroatoms. The fraction of sp³-hybridized carbons (Fsp3) is 0.667. The van der Waals surface area contributed by atoms with E-state index in [1.807, 2.05) is 0 Å². The van der Waals surface area contributed by atoms with Crippen molar-refractivity contribution >= 4 is 6.34 Å². The standard InChI is InChI=1S/C9H16N4O/c10-8-5-12-6-13-9(8,11)7-1-3-14-4-2-7/h5-7H,1-4,10-11H2,(H,12,13). The summed E-state index contributed by atoms with van der Waals surface area (Å²) in [6.45, 7) is 1.52. The van der Waals surface area contributed by atoms with Gasteiger partial charge in [-0.1, -0.05) is 0 Å². The molecule has 2 aliphatic rings. The molecular weight excluding hydrogens is 180 g/mol. The molecule has 0 radical (unpaired) electrons. The Bertz CT molecular complexity index is 270. The Morgan fingerprint density at radius 1 is 1.50 bits per heavy atom. The predicted molar refractivity (Wildman–Crippen MR) is 54.4 cm³/mol. The molecule has 1 saturated heterocycles. The monoisotopic (exact) mass is 196 g/mol. The first-order chi connectivity index (χ1) is 6.73. The Morgan fingerprint density at radius 3 is 2.86 bits per heavy atom. The van der Waals surface area contributed by atoms with Crippen LogP contribution in [0, 0.1) is 5.92 Å². The minimum absolute atomic E-state index is 0.319. The number of nitrogens with two attached hydrogens (primary N) is 2. The lowest BCUT2D eigenvalue weighted by molar-refractivity contribution is 0.0420. The van der Waals surface area contributed by atoms with Gasteiger partial charge in [-0.05, 0) is 12.8 Å². The third kappa shape index (κ3) is 1.49. The average Bonchev–Trinajstić information content (AvgIpc) is 2.24. The molecule has 5 N–H and O–H groups in total. The first kappa shape index (κ1) is 9.48. The smallest absolute Gasteiger partial charge is 0.132 e. The minimum atomic E-state index is -0.633. The summed E-state index contributed by atoms with van der Waals surface area (Å²) in [6.07, 6.45) is 5.09. The zero-order valence-electron chi connectivity index (χ0n) is 8.07. The highest BCUT2D eigenvalue weighted by Crippen LogP contribution is 2.28. The maximum Gasteiger partial charge on any atom is 0.132 e. The number of hydrogen-bond acceptors (Lipinski definition) is 5. The molecule has 2 heterocycles. The fourth-order valence-electron chi connectivity index (χ4n) is 1.96. The van der Waals surface area contributed by atoms with E-state index in [0.717, 1.165) is 26.1 Å². The van der Waals surface area contributed by atoms with Crippen molar-refractivity contribution in [2.45, 2.75) is 18.5 Å². The van der Waals surface area contributed by atoms with Crippen LogP contribution in [0.4, 0.5) is 0 Å². The van der Waals surface area contributed by atoms with E-state index in [2.05, 4.69) is 10.3 Å². The Labute approximate surface area is 83.2 Å². The second kappa shape index (κ2) is 3.59. The van der Waals surface area contributed by atoms with Gasteiger partial charge in [0.05, 0.1) is 18.2 Å². The molecule has 2 rings (SSSR count). The molecule has 0 aliphatic carbocycles. The summed E-state index contributed by atoms with van der Waals surface area (Å²) in [4.78, 5) is 3.91. The summed E-state index contributed by atoms with van der Waals surface area (Å²) >= 11 is 0. The number of hydrogen-bond donors (Lipinski definition) is 3. The zero-order valence-corrected chi connectivity index (χ0v) is 8.07. The van der Waals surface area contributed by atoms with Crippen molar-refractivity contribution in [2.24, 2.45) is 22.4 Å². The van der Waals surface area contributed by atoms with E-state index in [4.69, 9.17) is 16.2 Å². The van der Waals surface area contributed by atoms with Crippen LogP contribution >= 0.6 is 0 Å². The normalized spacial score (nSPS) is 33.6. The van der Waals surface area contributed by atoms with Gasteiger partial charge in [-0.2, -0.15) is 0 Å². The van der Waals surface area contributed by atoms with Gasteiger partial charge in [0.2, 0.25) is 0 Å². The van der Waals surface area contributed by atoms with Crippen LogP contribution in [0.1, 0.15) is 12.8 Å². The van der Waals surface area contributed by atoms with Crippen LogP contribution in [0.2, 0.25) is 0 Å². The molecule has 0 aromatic rings.